The van der Waals surface area contributed by atoms with Crippen molar-refractivity contribution < 1.29 is 4.79 Å². The van der Waals surface area contributed by atoms with Gasteiger partial charge in [0.25, 0.3) is 0 Å². The van der Waals surface area contributed by atoms with E-state index in [1.54, 1.807) is 6.92 Å². The minimum absolute atomic E-state index is 0.267. The summed E-state index contributed by atoms with van der Waals surface area (Å²) >= 11 is 2.17. The second-order valence-corrected chi connectivity index (χ2v) is 8.37. The molecule has 1 aliphatic rings. The van der Waals surface area contributed by atoms with Crippen molar-refractivity contribution in [1.29, 1.82) is 0 Å². The van der Waals surface area contributed by atoms with Gasteiger partial charge >= 0.3 is 0 Å². The van der Waals surface area contributed by atoms with Crippen molar-refractivity contribution in [2.45, 2.75) is 77.9 Å². The average molecular weight is 297 g/mol. The van der Waals surface area contributed by atoms with Crippen molar-refractivity contribution in [3.63, 3.8) is 0 Å². The monoisotopic (exact) mass is 296 g/mol. The summed E-state index contributed by atoms with van der Waals surface area (Å²) in [5.74, 6) is 2.23. The van der Waals surface area contributed by atoms with Crippen LogP contribution in [0.5, 0.6) is 0 Å². The fraction of sp³-hybridized carbons (Fsp3) is 0.833. The molecule has 0 heterocycles. The zero-order chi connectivity index (χ0) is 15.0. The van der Waals surface area contributed by atoms with Gasteiger partial charge < -0.3 is 0 Å². The van der Waals surface area contributed by atoms with Gasteiger partial charge in [0.2, 0.25) is 0 Å². The van der Waals surface area contributed by atoms with Crippen LogP contribution in [-0.2, 0) is 4.79 Å². The number of allylic oxidation sites excluding steroid dienone is 2. The smallest absolute Gasteiger partial charge is 0.133 e. The summed E-state index contributed by atoms with van der Waals surface area (Å²) in [5, 5.41) is 0.767. The van der Waals surface area contributed by atoms with Gasteiger partial charge in [0.05, 0.1) is 0 Å². The molecule has 1 aliphatic carbocycles. The van der Waals surface area contributed by atoms with Gasteiger partial charge in [-0.25, -0.2) is 0 Å². The Morgan fingerprint density at radius 3 is 2.75 bits per heavy atom. The quantitative estimate of drug-likeness (QED) is 0.426. The van der Waals surface area contributed by atoms with Gasteiger partial charge in [-0.1, -0.05) is 45.8 Å². The fourth-order valence-corrected chi connectivity index (χ4v) is 4.41. The van der Waals surface area contributed by atoms with E-state index >= 15 is 0 Å². The van der Waals surface area contributed by atoms with E-state index in [0.717, 1.165) is 5.25 Å². The van der Waals surface area contributed by atoms with Gasteiger partial charge in [0, 0.05) is 11.7 Å². The van der Waals surface area contributed by atoms with Crippen LogP contribution in [0, 0.1) is 11.3 Å². The summed E-state index contributed by atoms with van der Waals surface area (Å²) in [6, 6.07) is 0. The zero-order valence-electron chi connectivity index (χ0n) is 13.8. The maximum absolute atomic E-state index is 11.1. The van der Waals surface area contributed by atoms with Crippen molar-refractivity contribution in [2.24, 2.45) is 11.3 Å². The lowest BCUT2D eigenvalue weighted by Gasteiger charge is -2.39. The van der Waals surface area contributed by atoms with Crippen LogP contribution in [0.25, 0.3) is 0 Å². The normalized spacial score (nSPS) is 26.0. The molecule has 0 radical (unpaired) electrons. The van der Waals surface area contributed by atoms with Gasteiger partial charge in [-0.3, -0.25) is 4.79 Å². The van der Waals surface area contributed by atoms with E-state index in [2.05, 4.69) is 44.7 Å². The van der Waals surface area contributed by atoms with Crippen molar-refractivity contribution >= 4 is 17.5 Å². The van der Waals surface area contributed by atoms with E-state index in [9.17, 15) is 4.79 Å². The number of hydrogen-bond acceptors (Lipinski definition) is 2. The van der Waals surface area contributed by atoms with Crippen LogP contribution in [-0.4, -0.2) is 16.8 Å². The highest BCUT2D eigenvalue weighted by atomic mass is 32.2. The number of rotatable bonds is 8. The molecule has 20 heavy (non-hydrogen) atoms. The van der Waals surface area contributed by atoms with Gasteiger partial charge in [-0.2, -0.15) is 11.8 Å². The molecule has 1 fully saturated rings. The lowest BCUT2D eigenvalue weighted by molar-refractivity contribution is -0.116. The zero-order valence-corrected chi connectivity index (χ0v) is 14.6. The number of unbranched alkanes of at least 4 members (excludes halogenated alkanes) is 2. The summed E-state index contributed by atoms with van der Waals surface area (Å²) in [4.78, 5) is 11.1. The Balaban J connectivity index is 2.51. The van der Waals surface area contributed by atoms with Crippen LogP contribution < -0.4 is 0 Å². The van der Waals surface area contributed by atoms with Crippen LogP contribution in [0.3, 0.4) is 0 Å². The number of carbonyl (C=O) groups excluding carboxylic acids is 1. The SMILES string of the molecule is CCCCCSC1CCC(C)(C)CC1C=CCC(C)=O. The van der Waals surface area contributed by atoms with E-state index in [4.69, 9.17) is 0 Å². The van der Waals surface area contributed by atoms with Crippen LogP contribution in [0.15, 0.2) is 12.2 Å². The Kier molecular flexibility index (Phi) is 7.94. The number of thioether (sulfide) groups is 1. The molecule has 0 aromatic rings. The van der Waals surface area contributed by atoms with Crippen LogP contribution in [0.1, 0.15) is 72.6 Å². The van der Waals surface area contributed by atoms with Gasteiger partial charge in [0.15, 0.2) is 0 Å². The largest absolute Gasteiger partial charge is 0.300 e. The molecule has 2 atom stereocenters. The second kappa shape index (κ2) is 8.92. The summed E-state index contributed by atoms with van der Waals surface area (Å²) in [6.45, 7) is 8.71. The van der Waals surface area contributed by atoms with Crippen molar-refractivity contribution in [2.75, 3.05) is 5.75 Å². The standard InChI is InChI=1S/C18H32OS/c1-5-6-7-13-20-17-11-12-18(3,4)14-16(17)10-8-9-15(2)19/h8,10,16-17H,5-7,9,11-14H2,1-4H3. The van der Waals surface area contributed by atoms with Crippen molar-refractivity contribution in [3.05, 3.63) is 12.2 Å². The maximum atomic E-state index is 11.1. The molecule has 2 unspecified atom stereocenters. The summed E-state index contributed by atoms with van der Waals surface area (Å²) in [6.07, 6.45) is 13.0. The minimum atomic E-state index is 0.267. The topological polar surface area (TPSA) is 17.1 Å². The van der Waals surface area contributed by atoms with Gasteiger partial charge in [-0.15, -0.1) is 0 Å². The number of ketones is 1. The first-order valence-corrected chi connectivity index (χ1v) is 9.27. The molecule has 0 aromatic heterocycles. The van der Waals surface area contributed by atoms with E-state index in [0.29, 0.717) is 17.8 Å². The summed E-state index contributed by atoms with van der Waals surface area (Å²) in [7, 11) is 0. The third-order valence-electron chi connectivity index (χ3n) is 4.24. The molecule has 116 valence electrons. The number of Topliss-reactive ketones (excluding diaryl/α,β-unsaturated/α-hetero) is 1. The third-order valence-corrected chi connectivity index (χ3v) is 5.78. The number of hydrogen-bond donors (Lipinski definition) is 0. The Labute approximate surface area is 130 Å². The highest BCUT2D eigenvalue weighted by molar-refractivity contribution is 7.99. The molecule has 0 spiro atoms. The Bertz CT molecular complexity index is 319. The average Bonchev–Trinajstić information content (AvgIpc) is 2.35. The maximum Gasteiger partial charge on any atom is 0.133 e. The Hall–Kier alpha value is -0.240. The first-order chi connectivity index (χ1) is 9.44. The molecular formula is C18H32OS. The molecule has 0 saturated heterocycles. The Morgan fingerprint density at radius 1 is 1.35 bits per heavy atom. The molecule has 1 rings (SSSR count). The molecular weight excluding hydrogens is 264 g/mol. The minimum Gasteiger partial charge on any atom is -0.300 e. The molecule has 0 aliphatic heterocycles. The predicted molar refractivity (Wildman–Crippen MR) is 91.3 cm³/mol. The molecule has 0 bridgehead atoms. The number of carbonyl (C=O) groups is 1. The second-order valence-electron chi connectivity index (χ2n) is 7.02. The van der Waals surface area contributed by atoms with Crippen LogP contribution in [0.4, 0.5) is 0 Å². The molecule has 0 aromatic carbocycles. The lowest BCUT2D eigenvalue weighted by atomic mass is 9.72. The molecule has 1 nitrogen and oxygen atoms in total. The summed E-state index contributed by atoms with van der Waals surface area (Å²) in [5.41, 5.74) is 0.464. The predicted octanol–water partition coefficient (Wildman–Crippen LogP) is 5.64. The first-order valence-electron chi connectivity index (χ1n) is 8.22. The third kappa shape index (κ3) is 6.97. The van der Waals surface area contributed by atoms with E-state index in [-0.39, 0.29) is 5.78 Å². The van der Waals surface area contributed by atoms with E-state index in [1.807, 2.05) is 0 Å². The van der Waals surface area contributed by atoms with Crippen LogP contribution >= 0.6 is 11.8 Å². The lowest BCUT2D eigenvalue weighted by Crippen LogP contribution is -2.30. The Morgan fingerprint density at radius 2 is 2.10 bits per heavy atom. The first kappa shape index (κ1) is 17.8. The van der Waals surface area contributed by atoms with Gasteiger partial charge in [-0.05, 0) is 49.7 Å². The molecule has 1 saturated carbocycles. The molecule has 2 heteroatoms. The van der Waals surface area contributed by atoms with Gasteiger partial charge in [0.1, 0.15) is 5.78 Å². The van der Waals surface area contributed by atoms with E-state index in [1.165, 1.54) is 44.3 Å². The fourth-order valence-electron chi connectivity index (χ4n) is 3.01. The molecule has 0 N–H and O–H groups in total. The summed E-state index contributed by atoms with van der Waals surface area (Å²) < 4.78 is 0. The highest BCUT2D eigenvalue weighted by Crippen LogP contribution is 2.44. The van der Waals surface area contributed by atoms with E-state index < -0.39 is 0 Å². The molecule has 0 amide bonds. The van der Waals surface area contributed by atoms with Crippen molar-refractivity contribution in [1.82, 2.24) is 0 Å². The highest BCUT2D eigenvalue weighted by Gasteiger charge is 2.33. The van der Waals surface area contributed by atoms with Crippen LogP contribution in [0.2, 0.25) is 0 Å². The van der Waals surface area contributed by atoms with Crippen molar-refractivity contribution in [3.8, 4) is 0 Å².